The highest BCUT2D eigenvalue weighted by Crippen LogP contribution is 2.35. The second-order valence-electron chi connectivity index (χ2n) is 3.92. The van der Waals surface area contributed by atoms with Gasteiger partial charge in [0.25, 0.3) is 0 Å². The number of hydrogen-bond acceptors (Lipinski definition) is 3. The lowest BCUT2D eigenvalue weighted by molar-refractivity contribution is 0.545. The van der Waals surface area contributed by atoms with Crippen LogP contribution in [0.4, 0.5) is 0 Å². The summed E-state index contributed by atoms with van der Waals surface area (Å²) in [7, 11) is 0. The number of fused-ring (bicyclic) bond motifs is 1. The summed E-state index contributed by atoms with van der Waals surface area (Å²) < 4.78 is 0. The standard InChI is InChI=1S/C12H19NS2/c1-3-10(13-4-2)12-7-9-8-14-6-5-11(9)15-12/h7,10,13H,3-6,8H2,1-2H3. The second-order valence-corrected chi connectivity index (χ2v) is 6.19. The third kappa shape index (κ3) is 2.58. The van der Waals surface area contributed by atoms with E-state index in [4.69, 9.17) is 0 Å². The molecular weight excluding hydrogens is 222 g/mol. The summed E-state index contributed by atoms with van der Waals surface area (Å²) in [6.07, 6.45) is 2.48. The van der Waals surface area contributed by atoms with Crippen molar-refractivity contribution in [3.8, 4) is 0 Å². The van der Waals surface area contributed by atoms with Crippen molar-refractivity contribution in [1.82, 2.24) is 5.32 Å². The van der Waals surface area contributed by atoms with Gasteiger partial charge in [-0.3, -0.25) is 0 Å². The Balaban J connectivity index is 2.16. The lowest BCUT2D eigenvalue weighted by atomic mass is 10.1. The van der Waals surface area contributed by atoms with Gasteiger partial charge in [-0.25, -0.2) is 0 Å². The van der Waals surface area contributed by atoms with Gasteiger partial charge in [-0.15, -0.1) is 11.3 Å². The lowest BCUT2D eigenvalue weighted by Gasteiger charge is -2.13. The van der Waals surface area contributed by atoms with E-state index in [-0.39, 0.29) is 0 Å². The lowest BCUT2D eigenvalue weighted by Crippen LogP contribution is -2.18. The first-order valence-corrected chi connectivity index (χ1v) is 7.74. The number of thiophene rings is 1. The largest absolute Gasteiger partial charge is 0.310 e. The minimum absolute atomic E-state index is 0.579. The molecule has 0 fully saturated rings. The summed E-state index contributed by atoms with van der Waals surface area (Å²) in [6, 6.07) is 3.01. The van der Waals surface area contributed by atoms with Gasteiger partial charge in [-0.2, -0.15) is 11.8 Å². The molecule has 0 bridgehead atoms. The molecule has 1 aromatic rings. The van der Waals surface area contributed by atoms with Gasteiger partial charge in [0, 0.05) is 21.5 Å². The zero-order chi connectivity index (χ0) is 10.7. The molecule has 0 aliphatic carbocycles. The van der Waals surface area contributed by atoms with Crippen LogP contribution in [0.5, 0.6) is 0 Å². The summed E-state index contributed by atoms with van der Waals surface area (Å²) in [6.45, 7) is 5.52. The van der Waals surface area contributed by atoms with Crippen LogP contribution in [0.15, 0.2) is 6.07 Å². The van der Waals surface area contributed by atoms with Gasteiger partial charge >= 0.3 is 0 Å². The van der Waals surface area contributed by atoms with E-state index >= 15 is 0 Å². The van der Waals surface area contributed by atoms with E-state index in [0.29, 0.717) is 6.04 Å². The van der Waals surface area contributed by atoms with E-state index in [2.05, 4.69) is 37.0 Å². The highest BCUT2D eigenvalue weighted by Gasteiger charge is 2.17. The maximum Gasteiger partial charge on any atom is 0.0412 e. The fourth-order valence-corrected chi connectivity index (χ4v) is 4.57. The molecule has 1 unspecified atom stereocenters. The number of thioether (sulfide) groups is 1. The molecule has 0 spiro atoms. The third-order valence-electron chi connectivity index (χ3n) is 2.85. The van der Waals surface area contributed by atoms with E-state index in [1.807, 2.05) is 11.3 Å². The Hall–Kier alpha value is 0.01000. The maximum atomic E-state index is 3.56. The molecule has 0 aromatic carbocycles. The second kappa shape index (κ2) is 5.37. The molecule has 0 saturated heterocycles. The molecule has 0 saturated carbocycles. The normalized spacial score (nSPS) is 17.5. The van der Waals surface area contributed by atoms with Crippen LogP contribution in [0.2, 0.25) is 0 Å². The zero-order valence-electron chi connectivity index (χ0n) is 9.51. The Morgan fingerprint density at radius 3 is 3.00 bits per heavy atom. The molecule has 15 heavy (non-hydrogen) atoms. The monoisotopic (exact) mass is 241 g/mol. The summed E-state index contributed by atoms with van der Waals surface area (Å²) >= 11 is 4.10. The molecule has 1 N–H and O–H groups in total. The predicted octanol–water partition coefficient (Wildman–Crippen LogP) is 3.60. The molecule has 2 rings (SSSR count). The number of hydrogen-bond donors (Lipinski definition) is 1. The van der Waals surface area contributed by atoms with Crippen molar-refractivity contribution in [1.29, 1.82) is 0 Å². The molecule has 2 heterocycles. The van der Waals surface area contributed by atoms with E-state index in [9.17, 15) is 0 Å². The van der Waals surface area contributed by atoms with Crippen LogP contribution in [0.1, 0.15) is 41.6 Å². The molecule has 1 atom stereocenters. The van der Waals surface area contributed by atoms with Crippen LogP contribution < -0.4 is 5.32 Å². The fraction of sp³-hybridized carbons (Fsp3) is 0.667. The van der Waals surface area contributed by atoms with Crippen molar-refractivity contribution >= 4 is 23.1 Å². The Morgan fingerprint density at radius 2 is 2.33 bits per heavy atom. The third-order valence-corrected chi connectivity index (χ3v) is 5.21. The molecule has 1 aromatic heterocycles. The van der Waals surface area contributed by atoms with Crippen LogP contribution in [-0.2, 0) is 12.2 Å². The molecule has 1 nitrogen and oxygen atoms in total. The quantitative estimate of drug-likeness (QED) is 0.864. The predicted molar refractivity (Wildman–Crippen MR) is 70.9 cm³/mol. The van der Waals surface area contributed by atoms with Crippen molar-refractivity contribution < 1.29 is 0 Å². The van der Waals surface area contributed by atoms with E-state index < -0.39 is 0 Å². The minimum Gasteiger partial charge on any atom is -0.310 e. The van der Waals surface area contributed by atoms with Crippen molar-refractivity contribution in [3.05, 3.63) is 21.4 Å². The van der Waals surface area contributed by atoms with Gasteiger partial charge in [-0.05, 0) is 36.8 Å². The smallest absolute Gasteiger partial charge is 0.0412 e. The van der Waals surface area contributed by atoms with E-state index in [0.717, 1.165) is 6.54 Å². The van der Waals surface area contributed by atoms with Gasteiger partial charge in [0.1, 0.15) is 0 Å². The summed E-state index contributed by atoms with van der Waals surface area (Å²) in [4.78, 5) is 3.19. The minimum atomic E-state index is 0.579. The first kappa shape index (κ1) is 11.5. The summed E-state index contributed by atoms with van der Waals surface area (Å²) in [5.41, 5.74) is 1.60. The highest BCUT2D eigenvalue weighted by molar-refractivity contribution is 7.98. The SMILES string of the molecule is CCNC(CC)c1cc2c(s1)CCSC2. The van der Waals surface area contributed by atoms with Crippen molar-refractivity contribution in [2.75, 3.05) is 12.3 Å². The van der Waals surface area contributed by atoms with E-state index in [1.54, 1.807) is 15.3 Å². The molecular formula is C12H19NS2. The molecule has 84 valence electrons. The maximum absolute atomic E-state index is 3.56. The van der Waals surface area contributed by atoms with Crippen molar-refractivity contribution in [2.24, 2.45) is 0 Å². The molecule has 1 aliphatic rings. The summed E-state index contributed by atoms with van der Waals surface area (Å²) in [5, 5.41) is 3.56. The average Bonchev–Trinajstić information content (AvgIpc) is 2.69. The Morgan fingerprint density at radius 1 is 1.47 bits per heavy atom. The van der Waals surface area contributed by atoms with Gasteiger partial charge in [0.2, 0.25) is 0 Å². The summed E-state index contributed by atoms with van der Waals surface area (Å²) in [5.74, 6) is 2.54. The van der Waals surface area contributed by atoms with Crippen LogP contribution in [0.3, 0.4) is 0 Å². The zero-order valence-corrected chi connectivity index (χ0v) is 11.1. The highest BCUT2D eigenvalue weighted by atomic mass is 32.2. The van der Waals surface area contributed by atoms with Gasteiger partial charge < -0.3 is 5.32 Å². The van der Waals surface area contributed by atoms with Gasteiger partial charge in [-0.1, -0.05) is 13.8 Å². The van der Waals surface area contributed by atoms with Gasteiger partial charge in [0.05, 0.1) is 0 Å². The van der Waals surface area contributed by atoms with Crippen LogP contribution in [0, 0.1) is 0 Å². The molecule has 1 aliphatic heterocycles. The molecule has 0 amide bonds. The van der Waals surface area contributed by atoms with Crippen LogP contribution in [0.25, 0.3) is 0 Å². The van der Waals surface area contributed by atoms with Crippen LogP contribution in [-0.4, -0.2) is 12.3 Å². The average molecular weight is 241 g/mol. The Kier molecular flexibility index (Phi) is 4.12. The number of aryl methyl sites for hydroxylation is 1. The first-order chi connectivity index (χ1) is 7.35. The topological polar surface area (TPSA) is 12.0 Å². The van der Waals surface area contributed by atoms with Crippen molar-refractivity contribution in [3.63, 3.8) is 0 Å². The van der Waals surface area contributed by atoms with Gasteiger partial charge in [0.15, 0.2) is 0 Å². The first-order valence-electron chi connectivity index (χ1n) is 5.77. The number of nitrogens with one attached hydrogen (secondary N) is 1. The van der Waals surface area contributed by atoms with Crippen LogP contribution >= 0.6 is 23.1 Å². The molecule has 0 radical (unpaired) electrons. The molecule has 3 heteroatoms. The fourth-order valence-electron chi connectivity index (χ4n) is 2.03. The van der Waals surface area contributed by atoms with E-state index in [1.165, 1.54) is 24.3 Å². The van der Waals surface area contributed by atoms with Crippen molar-refractivity contribution in [2.45, 2.75) is 38.5 Å². The number of rotatable bonds is 4. The Bertz CT molecular complexity index is 296. The Labute approximate surface area is 101 Å².